The third kappa shape index (κ3) is 5.92. The number of esters is 1. The summed E-state index contributed by atoms with van der Waals surface area (Å²) in [5.41, 5.74) is 2.79. The minimum Gasteiger partial charge on any atom is -0.489 e. The number of aliphatic carboxylic acids is 1. The number of fused-ring (bicyclic) bond motifs is 1. The summed E-state index contributed by atoms with van der Waals surface area (Å²) in [6.45, 7) is 0.789. The molecule has 1 atom stereocenters. The third-order valence-electron chi connectivity index (χ3n) is 4.64. The van der Waals surface area contributed by atoms with E-state index in [0.717, 1.165) is 23.1 Å². The monoisotopic (exact) mass is 421 g/mol. The number of nitrogens with one attached hydrogen (secondary N) is 1. The van der Waals surface area contributed by atoms with Crippen molar-refractivity contribution in [2.24, 2.45) is 0 Å². The molecule has 2 aromatic rings. The van der Waals surface area contributed by atoms with Crippen LogP contribution in [0.2, 0.25) is 5.02 Å². The van der Waals surface area contributed by atoms with Gasteiger partial charge in [-0.1, -0.05) is 17.7 Å². The molecule has 0 aliphatic carbocycles. The van der Waals surface area contributed by atoms with Crippen LogP contribution >= 0.6 is 11.6 Å². The first-order chi connectivity index (χ1) is 13.9. The molecule has 1 heterocycles. The van der Waals surface area contributed by atoms with Crippen LogP contribution in [0.25, 0.3) is 0 Å². The number of rotatable bonds is 7. The van der Waals surface area contributed by atoms with Crippen LogP contribution in [0.1, 0.15) is 29.5 Å². The summed E-state index contributed by atoms with van der Waals surface area (Å²) in [6.07, 6.45) is 0.0672. The molecule has 6 nitrogen and oxygen atoms in total. The van der Waals surface area contributed by atoms with E-state index >= 15 is 0 Å². The first kappa shape index (κ1) is 21.1. The van der Waals surface area contributed by atoms with E-state index in [0.29, 0.717) is 23.7 Å². The van der Waals surface area contributed by atoms with E-state index in [2.05, 4.69) is 5.32 Å². The first-order valence-electron chi connectivity index (χ1n) is 9.24. The molecule has 2 aromatic carbocycles. The normalized spacial score (nSPS) is 15.9. The second kappa shape index (κ2) is 9.71. The second-order valence-corrected chi connectivity index (χ2v) is 7.09. The zero-order valence-electron chi connectivity index (χ0n) is 15.6. The van der Waals surface area contributed by atoms with E-state index in [9.17, 15) is 14.0 Å². The number of carboxylic acids is 1. The van der Waals surface area contributed by atoms with Crippen molar-refractivity contribution in [1.82, 2.24) is 5.32 Å². The number of halogens is 2. The molecule has 0 saturated heterocycles. The molecule has 1 aliphatic rings. The summed E-state index contributed by atoms with van der Waals surface area (Å²) in [6, 6.07) is 9.47. The van der Waals surface area contributed by atoms with Crippen LogP contribution in [0.4, 0.5) is 4.39 Å². The molecule has 1 aliphatic heterocycles. The molecule has 0 fully saturated rings. The SMILES string of the molecule is O=C(O)CCC(=O)OC1Cc2c(ccc(Cl)c2COc2ccc(F)cc2)CCN1. The largest absolute Gasteiger partial charge is 0.489 e. The predicted molar refractivity (Wildman–Crippen MR) is 104 cm³/mol. The topological polar surface area (TPSA) is 84.9 Å². The van der Waals surface area contributed by atoms with Crippen molar-refractivity contribution in [3.63, 3.8) is 0 Å². The van der Waals surface area contributed by atoms with Gasteiger partial charge in [-0.15, -0.1) is 0 Å². The molecule has 8 heteroatoms. The summed E-state index contributed by atoms with van der Waals surface area (Å²) >= 11 is 6.41. The van der Waals surface area contributed by atoms with Crippen molar-refractivity contribution in [2.45, 2.75) is 38.5 Å². The highest BCUT2D eigenvalue weighted by molar-refractivity contribution is 6.31. The van der Waals surface area contributed by atoms with Gasteiger partial charge < -0.3 is 14.6 Å². The lowest BCUT2D eigenvalue weighted by atomic mass is 9.97. The van der Waals surface area contributed by atoms with Crippen molar-refractivity contribution >= 4 is 23.5 Å². The van der Waals surface area contributed by atoms with Crippen molar-refractivity contribution in [1.29, 1.82) is 0 Å². The average Bonchev–Trinajstić information content (AvgIpc) is 2.89. The number of carbonyl (C=O) groups excluding carboxylic acids is 1. The highest BCUT2D eigenvalue weighted by Crippen LogP contribution is 2.28. The van der Waals surface area contributed by atoms with E-state index < -0.39 is 18.2 Å². The van der Waals surface area contributed by atoms with Crippen LogP contribution in [-0.2, 0) is 33.8 Å². The van der Waals surface area contributed by atoms with Gasteiger partial charge in [-0.3, -0.25) is 14.9 Å². The smallest absolute Gasteiger partial charge is 0.307 e. The van der Waals surface area contributed by atoms with E-state index in [1.165, 1.54) is 12.1 Å². The lowest BCUT2D eigenvalue weighted by molar-refractivity contribution is -0.153. The molecule has 0 bridgehead atoms. The van der Waals surface area contributed by atoms with E-state index in [-0.39, 0.29) is 25.3 Å². The van der Waals surface area contributed by atoms with Gasteiger partial charge >= 0.3 is 11.9 Å². The molecule has 29 heavy (non-hydrogen) atoms. The predicted octanol–water partition coefficient (Wildman–Crippen LogP) is 3.48. The van der Waals surface area contributed by atoms with Gasteiger partial charge in [0.15, 0.2) is 6.23 Å². The number of hydrogen-bond donors (Lipinski definition) is 2. The molecule has 3 rings (SSSR count). The van der Waals surface area contributed by atoms with Gasteiger partial charge in [-0.25, -0.2) is 4.39 Å². The quantitative estimate of drug-likeness (QED) is 0.666. The Labute approximate surface area is 172 Å². The average molecular weight is 422 g/mol. The Morgan fingerprint density at radius 1 is 1.17 bits per heavy atom. The third-order valence-corrected chi connectivity index (χ3v) is 4.99. The fraction of sp³-hybridized carbons (Fsp3) is 0.333. The second-order valence-electron chi connectivity index (χ2n) is 6.69. The Hall–Kier alpha value is -2.64. The highest BCUT2D eigenvalue weighted by Gasteiger charge is 2.23. The number of ether oxygens (including phenoxy) is 2. The molecule has 0 saturated carbocycles. The van der Waals surface area contributed by atoms with Gasteiger partial charge in [-0.2, -0.15) is 0 Å². The minimum absolute atomic E-state index is 0.184. The van der Waals surface area contributed by atoms with Gasteiger partial charge in [-0.05, 0) is 47.9 Å². The molecule has 0 amide bonds. The van der Waals surface area contributed by atoms with E-state index in [1.54, 1.807) is 12.1 Å². The van der Waals surface area contributed by atoms with Crippen molar-refractivity contribution in [3.8, 4) is 5.75 Å². The molecular weight excluding hydrogens is 401 g/mol. The Morgan fingerprint density at radius 3 is 2.66 bits per heavy atom. The molecule has 0 aromatic heterocycles. The maximum absolute atomic E-state index is 13.1. The summed E-state index contributed by atoms with van der Waals surface area (Å²) in [5.74, 6) is -1.45. The number of benzene rings is 2. The molecular formula is C21H21ClFNO5. The minimum atomic E-state index is -1.05. The van der Waals surface area contributed by atoms with Crippen LogP contribution in [0.5, 0.6) is 5.75 Å². The van der Waals surface area contributed by atoms with Crippen molar-refractivity contribution in [2.75, 3.05) is 6.54 Å². The standard InChI is InChI=1S/C21H21ClFNO5/c22-18-6-1-13-9-10-24-19(29-21(27)8-7-20(25)26)11-16(13)17(18)12-28-15-4-2-14(23)3-5-15/h1-6,19,24H,7-12H2,(H,25,26). The Bertz CT molecular complexity index is 887. The van der Waals surface area contributed by atoms with Crippen LogP contribution in [0.15, 0.2) is 36.4 Å². The number of hydrogen-bond acceptors (Lipinski definition) is 5. The van der Waals surface area contributed by atoms with Crippen molar-refractivity contribution < 1.29 is 28.6 Å². The summed E-state index contributed by atoms with van der Waals surface area (Å²) in [5, 5.41) is 12.4. The van der Waals surface area contributed by atoms with Crippen LogP contribution < -0.4 is 10.1 Å². The Morgan fingerprint density at radius 2 is 1.93 bits per heavy atom. The van der Waals surface area contributed by atoms with Crippen LogP contribution in [0.3, 0.4) is 0 Å². The molecule has 2 N–H and O–H groups in total. The van der Waals surface area contributed by atoms with Crippen molar-refractivity contribution in [3.05, 3.63) is 63.9 Å². The Balaban J connectivity index is 1.74. The summed E-state index contributed by atoms with van der Waals surface area (Å²) in [4.78, 5) is 22.6. The molecule has 1 unspecified atom stereocenters. The van der Waals surface area contributed by atoms with Gasteiger partial charge in [0.1, 0.15) is 18.2 Å². The lowest BCUT2D eigenvalue weighted by Crippen LogP contribution is -2.35. The van der Waals surface area contributed by atoms with Gasteiger partial charge in [0.2, 0.25) is 0 Å². The van der Waals surface area contributed by atoms with Gasteiger partial charge in [0.05, 0.1) is 12.8 Å². The number of carbonyl (C=O) groups is 2. The van der Waals surface area contributed by atoms with Crippen LogP contribution in [-0.4, -0.2) is 29.8 Å². The maximum Gasteiger partial charge on any atom is 0.307 e. The van der Waals surface area contributed by atoms with Crippen LogP contribution in [0, 0.1) is 5.82 Å². The highest BCUT2D eigenvalue weighted by atomic mass is 35.5. The van der Waals surface area contributed by atoms with E-state index in [1.807, 2.05) is 12.1 Å². The summed E-state index contributed by atoms with van der Waals surface area (Å²) in [7, 11) is 0. The lowest BCUT2D eigenvalue weighted by Gasteiger charge is -2.19. The Kier molecular flexibility index (Phi) is 7.06. The fourth-order valence-electron chi connectivity index (χ4n) is 3.18. The number of carboxylic acid groups (broad SMARTS) is 1. The molecule has 0 radical (unpaired) electrons. The maximum atomic E-state index is 13.1. The summed E-state index contributed by atoms with van der Waals surface area (Å²) < 4.78 is 24.3. The molecule has 154 valence electrons. The fourth-order valence-corrected chi connectivity index (χ4v) is 3.41. The van der Waals surface area contributed by atoms with Gasteiger partial charge in [0, 0.05) is 23.6 Å². The zero-order valence-corrected chi connectivity index (χ0v) is 16.4. The van der Waals surface area contributed by atoms with E-state index in [4.69, 9.17) is 26.2 Å². The van der Waals surface area contributed by atoms with Gasteiger partial charge in [0.25, 0.3) is 0 Å². The first-order valence-corrected chi connectivity index (χ1v) is 9.62. The zero-order chi connectivity index (χ0) is 20.8. The molecule has 0 spiro atoms.